The summed E-state index contributed by atoms with van der Waals surface area (Å²) < 4.78 is 0. The summed E-state index contributed by atoms with van der Waals surface area (Å²) in [5, 5.41) is 3.53. The van der Waals surface area contributed by atoms with Crippen molar-refractivity contribution in [2.45, 2.75) is 30.6 Å². The third-order valence-electron chi connectivity index (χ3n) is 2.80. The highest BCUT2D eigenvalue weighted by atomic mass is 32.2. The Balaban J connectivity index is 1.83. The van der Waals surface area contributed by atoms with E-state index in [4.69, 9.17) is 5.53 Å². The van der Waals surface area contributed by atoms with Crippen LogP contribution in [-0.4, -0.2) is 12.3 Å². The number of hydrogen-bond acceptors (Lipinski definition) is 2. The van der Waals surface area contributed by atoms with Crippen LogP contribution in [0.15, 0.2) is 28.2 Å². The molecule has 1 aliphatic rings. The molecule has 0 fully saturated rings. The summed E-state index contributed by atoms with van der Waals surface area (Å²) in [6.07, 6.45) is 4.74. The van der Waals surface area contributed by atoms with Gasteiger partial charge in [0, 0.05) is 16.4 Å². The van der Waals surface area contributed by atoms with Crippen LogP contribution in [0.25, 0.3) is 10.4 Å². The van der Waals surface area contributed by atoms with Crippen molar-refractivity contribution < 1.29 is 0 Å². The SMILES string of the molecule is [N-]=[N+]=NCCCSc1ccc2c(c1)CCC2. The van der Waals surface area contributed by atoms with Gasteiger partial charge >= 0.3 is 0 Å². The molecule has 1 aliphatic carbocycles. The van der Waals surface area contributed by atoms with E-state index in [-0.39, 0.29) is 0 Å². The molecule has 16 heavy (non-hydrogen) atoms. The molecule has 0 atom stereocenters. The number of rotatable bonds is 5. The first kappa shape index (κ1) is 11.4. The number of thioether (sulfide) groups is 1. The predicted octanol–water partition coefficient (Wildman–Crippen LogP) is 3.97. The molecule has 0 radical (unpaired) electrons. The van der Waals surface area contributed by atoms with Gasteiger partial charge in [-0.1, -0.05) is 11.2 Å². The Morgan fingerprint density at radius 3 is 3.06 bits per heavy atom. The van der Waals surface area contributed by atoms with Gasteiger partial charge in [0.15, 0.2) is 0 Å². The van der Waals surface area contributed by atoms with E-state index < -0.39 is 0 Å². The first-order valence-electron chi connectivity index (χ1n) is 5.65. The zero-order valence-corrected chi connectivity index (χ0v) is 10.0. The second kappa shape index (κ2) is 5.83. The molecule has 0 amide bonds. The summed E-state index contributed by atoms with van der Waals surface area (Å²) in [5.41, 5.74) is 11.2. The highest BCUT2D eigenvalue weighted by Gasteiger charge is 2.10. The van der Waals surface area contributed by atoms with Crippen LogP contribution < -0.4 is 0 Å². The van der Waals surface area contributed by atoms with Crippen LogP contribution in [0.1, 0.15) is 24.0 Å². The van der Waals surface area contributed by atoms with Crippen LogP contribution in [0.2, 0.25) is 0 Å². The lowest BCUT2D eigenvalue weighted by atomic mass is 10.1. The summed E-state index contributed by atoms with van der Waals surface area (Å²) in [4.78, 5) is 4.09. The molecule has 0 aromatic heterocycles. The van der Waals surface area contributed by atoms with Gasteiger partial charge in [0.25, 0.3) is 0 Å². The Morgan fingerprint density at radius 1 is 1.31 bits per heavy atom. The highest BCUT2D eigenvalue weighted by molar-refractivity contribution is 7.99. The standard InChI is InChI=1S/C12H15N3S/c13-15-14-7-2-8-16-12-6-5-10-3-1-4-11(10)9-12/h5-6,9H,1-4,7-8H2. The molecular weight excluding hydrogens is 218 g/mol. The van der Waals surface area contributed by atoms with Crippen molar-refractivity contribution in [1.29, 1.82) is 0 Å². The van der Waals surface area contributed by atoms with Crippen molar-refractivity contribution in [3.8, 4) is 0 Å². The van der Waals surface area contributed by atoms with Gasteiger partial charge in [-0.05, 0) is 60.2 Å². The molecule has 1 aromatic carbocycles. The lowest BCUT2D eigenvalue weighted by molar-refractivity contribution is 0.911. The number of benzene rings is 1. The first-order valence-corrected chi connectivity index (χ1v) is 6.64. The van der Waals surface area contributed by atoms with Crippen molar-refractivity contribution in [1.82, 2.24) is 0 Å². The molecule has 0 saturated heterocycles. The van der Waals surface area contributed by atoms with Gasteiger partial charge in [0.2, 0.25) is 0 Å². The molecule has 0 bridgehead atoms. The number of hydrogen-bond donors (Lipinski definition) is 0. The second-order valence-electron chi connectivity index (χ2n) is 3.94. The average Bonchev–Trinajstić information content (AvgIpc) is 2.76. The topological polar surface area (TPSA) is 48.8 Å². The monoisotopic (exact) mass is 233 g/mol. The van der Waals surface area contributed by atoms with Crippen LogP contribution in [0.3, 0.4) is 0 Å². The number of nitrogens with zero attached hydrogens (tertiary/aromatic N) is 3. The molecule has 84 valence electrons. The van der Waals surface area contributed by atoms with Crippen molar-refractivity contribution in [3.63, 3.8) is 0 Å². The molecule has 0 unspecified atom stereocenters. The van der Waals surface area contributed by atoms with E-state index in [1.54, 1.807) is 0 Å². The Bertz CT molecular complexity index is 411. The Labute approximate surface area is 99.9 Å². The fourth-order valence-corrected chi connectivity index (χ4v) is 2.91. The number of fused-ring (bicyclic) bond motifs is 1. The van der Waals surface area contributed by atoms with Crippen LogP contribution in [0.4, 0.5) is 0 Å². The van der Waals surface area contributed by atoms with E-state index in [9.17, 15) is 0 Å². The van der Waals surface area contributed by atoms with Gasteiger partial charge in [-0.3, -0.25) is 0 Å². The zero-order chi connectivity index (χ0) is 11.2. The summed E-state index contributed by atoms with van der Waals surface area (Å²) >= 11 is 1.85. The summed E-state index contributed by atoms with van der Waals surface area (Å²) in [7, 11) is 0. The van der Waals surface area contributed by atoms with Crippen LogP contribution in [0.5, 0.6) is 0 Å². The third-order valence-corrected chi connectivity index (χ3v) is 3.88. The quantitative estimate of drug-likeness (QED) is 0.249. The van der Waals surface area contributed by atoms with E-state index in [0.717, 1.165) is 12.2 Å². The molecule has 3 nitrogen and oxygen atoms in total. The maximum Gasteiger partial charge on any atom is 0.0265 e. The van der Waals surface area contributed by atoms with Gasteiger partial charge < -0.3 is 0 Å². The minimum absolute atomic E-state index is 0.606. The van der Waals surface area contributed by atoms with Gasteiger partial charge in [-0.15, -0.1) is 11.8 Å². The van der Waals surface area contributed by atoms with Gasteiger partial charge in [0.05, 0.1) is 0 Å². The normalized spacial score (nSPS) is 13.2. The minimum Gasteiger partial charge on any atom is -0.126 e. The molecule has 0 saturated carbocycles. The molecule has 0 spiro atoms. The van der Waals surface area contributed by atoms with Gasteiger partial charge in [-0.25, -0.2) is 0 Å². The minimum atomic E-state index is 0.606. The lowest BCUT2D eigenvalue weighted by Crippen LogP contribution is -1.86. The highest BCUT2D eigenvalue weighted by Crippen LogP contribution is 2.27. The Kier molecular flexibility index (Phi) is 4.14. The molecular formula is C12H15N3S. The van der Waals surface area contributed by atoms with E-state index in [1.807, 2.05) is 11.8 Å². The number of azide groups is 1. The van der Waals surface area contributed by atoms with Gasteiger partial charge in [-0.2, -0.15) is 0 Å². The average molecular weight is 233 g/mol. The molecule has 1 aromatic rings. The van der Waals surface area contributed by atoms with E-state index in [1.165, 1.54) is 35.3 Å². The molecule has 0 heterocycles. The van der Waals surface area contributed by atoms with Crippen molar-refractivity contribution >= 4 is 11.8 Å². The molecule has 2 rings (SSSR count). The van der Waals surface area contributed by atoms with Crippen LogP contribution in [0, 0.1) is 0 Å². The first-order chi connectivity index (χ1) is 7.90. The Morgan fingerprint density at radius 2 is 2.19 bits per heavy atom. The van der Waals surface area contributed by atoms with E-state index in [2.05, 4.69) is 28.2 Å². The van der Waals surface area contributed by atoms with E-state index >= 15 is 0 Å². The second-order valence-corrected chi connectivity index (χ2v) is 5.11. The molecule has 4 heteroatoms. The number of aryl methyl sites for hydroxylation is 2. The lowest BCUT2D eigenvalue weighted by Gasteiger charge is -2.03. The summed E-state index contributed by atoms with van der Waals surface area (Å²) in [6, 6.07) is 6.79. The predicted molar refractivity (Wildman–Crippen MR) is 67.8 cm³/mol. The van der Waals surface area contributed by atoms with Crippen molar-refractivity contribution in [2.75, 3.05) is 12.3 Å². The maximum atomic E-state index is 8.14. The molecule has 0 N–H and O–H groups in total. The summed E-state index contributed by atoms with van der Waals surface area (Å²) in [6.45, 7) is 0.606. The van der Waals surface area contributed by atoms with Gasteiger partial charge in [0.1, 0.15) is 0 Å². The van der Waals surface area contributed by atoms with Crippen molar-refractivity contribution in [3.05, 3.63) is 39.8 Å². The fraction of sp³-hybridized carbons (Fsp3) is 0.500. The van der Waals surface area contributed by atoms with Crippen LogP contribution >= 0.6 is 11.8 Å². The smallest absolute Gasteiger partial charge is 0.0265 e. The van der Waals surface area contributed by atoms with Crippen LogP contribution in [-0.2, 0) is 12.8 Å². The van der Waals surface area contributed by atoms with E-state index in [0.29, 0.717) is 6.54 Å². The van der Waals surface area contributed by atoms with Crippen molar-refractivity contribution in [2.24, 2.45) is 5.11 Å². The maximum absolute atomic E-state index is 8.14. The largest absolute Gasteiger partial charge is 0.126 e. The zero-order valence-electron chi connectivity index (χ0n) is 9.22. The summed E-state index contributed by atoms with van der Waals surface area (Å²) in [5.74, 6) is 1.03. The third kappa shape index (κ3) is 2.94. The molecule has 0 aliphatic heterocycles. The fourth-order valence-electron chi connectivity index (χ4n) is 2.01. The Hall–Kier alpha value is -1.12.